The number of hydrogen-bond donors (Lipinski definition) is 0. The number of rotatable bonds is 10. The summed E-state index contributed by atoms with van der Waals surface area (Å²) in [5.41, 5.74) is 1.46. The van der Waals surface area contributed by atoms with Crippen LogP contribution in [0.3, 0.4) is 0 Å². The topological polar surface area (TPSA) is 82.9 Å². The Morgan fingerprint density at radius 1 is 1.15 bits per heavy atom. The summed E-state index contributed by atoms with van der Waals surface area (Å²) in [5, 5.41) is 4.29. The van der Waals surface area contributed by atoms with Crippen molar-refractivity contribution in [1.82, 2.24) is 9.78 Å². The molecule has 3 aromatic rings. The molecule has 1 amide bonds. The first-order valence-electron chi connectivity index (χ1n) is 10.4. The predicted molar refractivity (Wildman–Crippen MR) is 120 cm³/mol. The van der Waals surface area contributed by atoms with Crippen molar-refractivity contribution >= 4 is 17.7 Å². The van der Waals surface area contributed by atoms with E-state index in [1.807, 2.05) is 30.3 Å². The Balaban J connectivity index is 1.94. The monoisotopic (exact) mass is 455 g/mol. The molecule has 2 aromatic carbocycles. The summed E-state index contributed by atoms with van der Waals surface area (Å²) in [4.78, 5) is 26.6. The standard InChI is InChI=1S/C24H26FN3O5/c1-4-33-24(30)20-15-26-28(21-11-10-19(25)14-22(21)31-3)23(20)27(17(2)29)12-13-32-16-18-8-6-5-7-9-18/h5-11,14-15H,4,12-13,16H2,1-3H3. The smallest absolute Gasteiger partial charge is 0.343 e. The molecule has 0 aliphatic rings. The number of aromatic nitrogens is 2. The summed E-state index contributed by atoms with van der Waals surface area (Å²) in [5.74, 6) is -1.07. The number of methoxy groups -OCH3 is 1. The molecular weight excluding hydrogens is 429 g/mol. The van der Waals surface area contributed by atoms with E-state index in [4.69, 9.17) is 14.2 Å². The lowest BCUT2D eigenvalue weighted by Crippen LogP contribution is -2.35. The van der Waals surface area contributed by atoms with Crippen molar-refractivity contribution in [2.75, 3.05) is 31.8 Å². The van der Waals surface area contributed by atoms with E-state index in [2.05, 4.69) is 5.10 Å². The minimum atomic E-state index is -0.628. The first-order chi connectivity index (χ1) is 16.0. The zero-order valence-corrected chi connectivity index (χ0v) is 18.8. The van der Waals surface area contributed by atoms with Crippen molar-refractivity contribution < 1.29 is 28.2 Å². The van der Waals surface area contributed by atoms with Gasteiger partial charge in [0.25, 0.3) is 0 Å². The van der Waals surface area contributed by atoms with E-state index in [-0.39, 0.29) is 42.8 Å². The molecule has 0 atom stereocenters. The minimum absolute atomic E-state index is 0.0986. The van der Waals surface area contributed by atoms with E-state index >= 15 is 0 Å². The number of carbonyl (C=O) groups excluding carboxylic acids is 2. The van der Waals surface area contributed by atoms with E-state index in [9.17, 15) is 14.0 Å². The van der Waals surface area contributed by atoms with Crippen LogP contribution in [0.2, 0.25) is 0 Å². The van der Waals surface area contributed by atoms with E-state index in [1.54, 1.807) is 6.92 Å². The van der Waals surface area contributed by atoms with Crippen molar-refractivity contribution in [2.24, 2.45) is 0 Å². The third-order valence-corrected chi connectivity index (χ3v) is 4.82. The van der Waals surface area contributed by atoms with Crippen LogP contribution in [0.4, 0.5) is 10.2 Å². The zero-order chi connectivity index (χ0) is 23.8. The van der Waals surface area contributed by atoms with Crippen molar-refractivity contribution in [3.05, 3.63) is 71.7 Å². The molecule has 9 heteroatoms. The summed E-state index contributed by atoms with van der Waals surface area (Å²) < 4.78 is 31.3. The first kappa shape index (κ1) is 23.9. The van der Waals surface area contributed by atoms with E-state index in [0.717, 1.165) is 5.56 Å². The fourth-order valence-electron chi connectivity index (χ4n) is 3.29. The van der Waals surface area contributed by atoms with Gasteiger partial charge in [0, 0.05) is 13.0 Å². The zero-order valence-electron chi connectivity index (χ0n) is 18.8. The van der Waals surface area contributed by atoms with Crippen LogP contribution in [-0.4, -0.2) is 48.5 Å². The maximum absolute atomic E-state index is 13.8. The van der Waals surface area contributed by atoms with Gasteiger partial charge in [0.1, 0.15) is 22.8 Å². The van der Waals surface area contributed by atoms with Crippen molar-refractivity contribution in [1.29, 1.82) is 0 Å². The number of nitrogens with zero attached hydrogens (tertiary/aromatic N) is 3. The van der Waals surface area contributed by atoms with E-state index in [0.29, 0.717) is 12.3 Å². The lowest BCUT2D eigenvalue weighted by Gasteiger charge is -2.24. The summed E-state index contributed by atoms with van der Waals surface area (Å²) >= 11 is 0. The second-order valence-electron chi connectivity index (χ2n) is 7.04. The van der Waals surface area contributed by atoms with Crippen molar-refractivity contribution in [3.8, 4) is 11.4 Å². The lowest BCUT2D eigenvalue weighted by molar-refractivity contribution is -0.116. The molecule has 0 aliphatic carbocycles. The van der Waals surface area contributed by atoms with E-state index < -0.39 is 11.8 Å². The highest BCUT2D eigenvalue weighted by molar-refractivity contribution is 6.01. The van der Waals surface area contributed by atoms with E-state index in [1.165, 1.54) is 48.0 Å². The molecule has 8 nitrogen and oxygen atoms in total. The number of esters is 1. The predicted octanol–water partition coefficient (Wildman–Crippen LogP) is 3.77. The lowest BCUT2D eigenvalue weighted by atomic mass is 10.2. The van der Waals surface area contributed by atoms with Gasteiger partial charge in [-0.2, -0.15) is 5.10 Å². The summed E-state index contributed by atoms with van der Waals surface area (Å²) in [7, 11) is 1.40. The molecule has 0 unspecified atom stereocenters. The largest absolute Gasteiger partial charge is 0.494 e. The molecule has 0 aliphatic heterocycles. The molecule has 0 spiro atoms. The van der Waals surface area contributed by atoms with Gasteiger partial charge in [-0.25, -0.2) is 13.9 Å². The summed E-state index contributed by atoms with van der Waals surface area (Å²) in [6, 6.07) is 13.5. The molecule has 1 heterocycles. The van der Waals surface area contributed by atoms with Crippen LogP contribution in [0.15, 0.2) is 54.7 Å². The van der Waals surface area contributed by atoms with Gasteiger partial charge in [-0.3, -0.25) is 9.69 Å². The van der Waals surface area contributed by atoms with Crippen LogP contribution >= 0.6 is 0 Å². The highest BCUT2D eigenvalue weighted by atomic mass is 19.1. The molecule has 0 bridgehead atoms. The van der Waals surface area contributed by atoms with Crippen LogP contribution in [-0.2, 0) is 20.9 Å². The number of hydrogen-bond acceptors (Lipinski definition) is 6. The second-order valence-corrected chi connectivity index (χ2v) is 7.04. The molecule has 0 saturated heterocycles. The number of amides is 1. The number of anilines is 1. The number of carbonyl (C=O) groups is 2. The van der Waals surface area contributed by atoms with Crippen molar-refractivity contribution in [3.63, 3.8) is 0 Å². The molecule has 1 aromatic heterocycles. The van der Waals surface area contributed by atoms with Crippen LogP contribution in [0.5, 0.6) is 5.75 Å². The van der Waals surface area contributed by atoms with Gasteiger partial charge in [0.05, 0.1) is 39.7 Å². The molecule has 0 N–H and O–H groups in total. The van der Waals surface area contributed by atoms with Crippen LogP contribution in [0.25, 0.3) is 5.69 Å². The average Bonchev–Trinajstić information content (AvgIpc) is 3.24. The molecule has 0 fully saturated rings. The number of benzene rings is 2. The van der Waals surface area contributed by atoms with Gasteiger partial charge in [-0.15, -0.1) is 0 Å². The minimum Gasteiger partial charge on any atom is -0.494 e. The average molecular weight is 455 g/mol. The Morgan fingerprint density at radius 2 is 1.91 bits per heavy atom. The highest BCUT2D eigenvalue weighted by Crippen LogP contribution is 2.31. The molecule has 0 radical (unpaired) electrons. The molecule has 174 valence electrons. The SMILES string of the molecule is CCOC(=O)c1cnn(-c2ccc(F)cc2OC)c1N(CCOCc1ccccc1)C(C)=O. The van der Waals surface area contributed by atoms with Gasteiger partial charge in [0.15, 0.2) is 5.82 Å². The maximum Gasteiger partial charge on any atom is 0.343 e. The second kappa shape index (κ2) is 11.2. The fourth-order valence-corrected chi connectivity index (χ4v) is 3.29. The van der Waals surface area contributed by atoms with Gasteiger partial charge in [-0.1, -0.05) is 30.3 Å². The number of halogens is 1. The Hall–Kier alpha value is -3.72. The highest BCUT2D eigenvalue weighted by Gasteiger charge is 2.28. The Morgan fingerprint density at radius 3 is 2.58 bits per heavy atom. The third-order valence-electron chi connectivity index (χ3n) is 4.82. The van der Waals surface area contributed by atoms with Gasteiger partial charge in [-0.05, 0) is 24.6 Å². The Bertz CT molecular complexity index is 1100. The van der Waals surface area contributed by atoms with Crippen molar-refractivity contribution in [2.45, 2.75) is 20.5 Å². The Labute approximate surface area is 191 Å². The summed E-state index contributed by atoms with van der Waals surface area (Å²) in [6.45, 7) is 3.97. The summed E-state index contributed by atoms with van der Waals surface area (Å²) in [6.07, 6.45) is 1.32. The molecule has 3 rings (SSSR count). The fraction of sp³-hybridized carbons (Fsp3) is 0.292. The van der Waals surface area contributed by atoms with Crippen LogP contribution in [0, 0.1) is 5.82 Å². The normalized spacial score (nSPS) is 10.7. The first-order valence-corrected chi connectivity index (χ1v) is 10.4. The van der Waals surface area contributed by atoms with Gasteiger partial charge < -0.3 is 14.2 Å². The number of ether oxygens (including phenoxy) is 3. The molecular formula is C24H26FN3O5. The van der Waals surface area contributed by atoms with Gasteiger partial charge in [0.2, 0.25) is 5.91 Å². The molecule has 0 saturated carbocycles. The van der Waals surface area contributed by atoms with Crippen LogP contribution in [0.1, 0.15) is 29.8 Å². The maximum atomic E-state index is 13.8. The third kappa shape index (κ3) is 5.75. The Kier molecular flexibility index (Phi) is 8.15. The quantitative estimate of drug-likeness (QED) is 0.342. The van der Waals surface area contributed by atoms with Crippen LogP contribution < -0.4 is 9.64 Å². The van der Waals surface area contributed by atoms with Gasteiger partial charge >= 0.3 is 5.97 Å². The molecule has 33 heavy (non-hydrogen) atoms.